The lowest BCUT2D eigenvalue weighted by molar-refractivity contribution is 0.0528. The van der Waals surface area contributed by atoms with Crippen LogP contribution in [0.25, 0.3) is 0 Å². The Balaban J connectivity index is 2.28. The third-order valence-corrected chi connectivity index (χ3v) is 2.06. The van der Waals surface area contributed by atoms with Gasteiger partial charge in [0.1, 0.15) is 13.4 Å². The van der Waals surface area contributed by atoms with Crippen molar-refractivity contribution in [2.75, 3.05) is 6.54 Å². The molecular weight excluding hydrogens is 213 g/mol. The molecule has 0 aliphatic heterocycles. The third-order valence-electron chi connectivity index (χ3n) is 2.06. The number of ether oxygens (including phenoxy) is 1. The Kier molecular flexibility index (Phi) is 4.61. The Morgan fingerprint density at radius 1 is 1.29 bits per heavy atom. The standard InChI is InChI=1S/C13H18BNO2/c1-13(2,3)17-12(16)15-9-8-10-4-6-11(14)7-5-10/h4-7H,8-9H2,1-3H3,(H,15,16). The maximum Gasteiger partial charge on any atom is 0.407 e. The molecule has 0 unspecified atom stereocenters. The molecule has 0 saturated carbocycles. The quantitative estimate of drug-likeness (QED) is 0.801. The Labute approximate surface area is 104 Å². The summed E-state index contributed by atoms with van der Waals surface area (Å²) >= 11 is 0. The molecule has 1 aromatic carbocycles. The van der Waals surface area contributed by atoms with Gasteiger partial charge in [-0.2, -0.15) is 0 Å². The summed E-state index contributed by atoms with van der Waals surface area (Å²) in [6.45, 7) is 6.07. The van der Waals surface area contributed by atoms with Crippen molar-refractivity contribution in [3.05, 3.63) is 29.8 Å². The highest BCUT2D eigenvalue weighted by Gasteiger charge is 2.15. The van der Waals surface area contributed by atoms with Crippen molar-refractivity contribution >= 4 is 19.4 Å². The first-order valence-corrected chi connectivity index (χ1v) is 5.68. The van der Waals surface area contributed by atoms with Crippen molar-refractivity contribution in [2.45, 2.75) is 32.8 Å². The van der Waals surface area contributed by atoms with E-state index in [1.807, 2.05) is 45.0 Å². The van der Waals surface area contributed by atoms with Crippen LogP contribution in [0.3, 0.4) is 0 Å². The van der Waals surface area contributed by atoms with Gasteiger partial charge >= 0.3 is 6.09 Å². The molecule has 0 spiro atoms. The molecule has 2 radical (unpaired) electrons. The Morgan fingerprint density at radius 3 is 2.41 bits per heavy atom. The lowest BCUT2D eigenvalue weighted by Gasteiger charge is -2.19. The number of amides is 1. The molecule has 0 atom stereocenters. The predicted octanol–water partition coefficient (Wildman–Crippen LogP) is 1.55. The van der Waals surface area contributed by atoms with E-state index in [1.54, 1.807) is 0 Å². The van der Waals surface area contributed by atoms with E-state index < -0.39 is 5.60 Å². The summed E-state index contributed by atoms with van der Waals surface area (Å²) in [5.74, 6) is 0. The van der Waals surface area contributed by atoms with Gasteiger partial charge in [0.2, 0.25) is 0 Å². The highest BCUT2D eigenvalue weighted by Crippen LogP contribution is 2.06. The molecule has 1 N–H and O–H groups in total. The monoisotopic (exact) mass is 231 g/mol. The summed E-state index contributed by atoms with van der Waals surface area (Å²) in [6.07, 6.45) is 0.382. The highest BCUT2D eigenvalue weighted by atomic mass is 16.6. The topological polar surface area (TPSA) is 38.3 Å². The van der Waals surface area contributed by atoms with Gasteiger partial charge < -0.3 is 10.1 Å². The lowest BCUT2D eigenvalue weighted by atomic mass is 9.95. The average molecular weight is 231 g/mol. The lowest BCUT2D eigenvalue weighted by Crippen LogP contribution is -2.33. The van der Waals surface area contributed by atoms with Crippen LogP contribution in [-0.2, 0) is 11.2 Å². The van der Waals surface area contributed by atoms with Crippen molar-refractivity contribution in [3.63, 3.8) is 0 Å². The van der Waals surface area contributed by atoms with Gasteiger partial charge in [0, 0.05) is 6.54 Å². The number of carbonyl (C=O) groups is 1. The van der Waals surface area contributed by atoms with E-state index in [0.29, 0.717) is 6.54 Å². The van der Waals surface area contributed by atoms with Gasteiger partial charge in [-0.15, -0.1) is 0 Å². The first-order chi connectivity index (χ1) is 7.87. The van der Waals surface area contributed by atoms with Crippen LogP contribution < -0.4 is 10.8 Å². The fourth-order valence-electron chi connectivity index (χ4n) is 1.31. The molecule has 4 heteroatoms. The second-order valence-electron chi connectivity index (χ2n) is 4.92. The second-order valence-corrected chi connectivity index (χ2v) is 4.92. The summed E-state index contributed by atoms with van der Waals surface area (Å²) < 4.78 is 5.12. The third kappa shape index (κ3) is 6.00. The van der Waals surface area contributed by atoms with E-state index in [4.69, 9.17) is 12.6 Å². The first kappa shape index (κ1) is 13.6. The van der Waals surface area contributed by atoms with Gasteiger partial charge in [0.15, 0.2) is 0 Å². The summed E-state index contributed by atoms with van der Waals surface area (Å²) in [7, 11) is 5.58. The number of benzene rings is 1. The second kappa shape index (κ2) is 5.76. The average Bonchev–Trinajstić information content (AvgIpc) is 2.18. The smallest absolute Gasteiger partial charge is 0.407 e. The van der Waals surface area contributed by atoms with Crippen molar-refractivity contribution in [1.82, 2.24) is 5.32 Å². The molecule has 0 bridgehead atoms. The number of alkyl carbamates (subject to hydrolysis) is 1. The molecule has 1 aromatic rings. The van der Waals surface area contributed by atoms with Crippen LogP contribution in [0.4, 0.5) is 4.79 Å². The minimum atomic E-state index is -0.453. The number of carbonyl (C=O) groups excluding carboxylic acids is 1. The fourth-order valence-corrected chi connectivity index (χ4v) is 1.31. The van der Waals surface area contributed by atoms with Crippen molar-refractivity contribution in [1.29, 1.82) is 0 Å². The Morgan fingerprint density at radius 2 is 1.88 bits per heavy atom. The van der Waals surface area contributed by atoms with Crippen LogP contribution in [0.5, 0.6) is 0 Å². The number of hydrogen-bond acceptors (Lipinski definition) is 2. The van der Waals surface area contributed by atoms with Gasteiger partial charge in [-0.3, -0.25) is 0 Å². The van der Waals surface area contributed by atoms with E-state index in [-0.39, 0.29) is 6.09 Å². The van der Waals surface area contributed by atoms with Crippen LogP contribution in [0.15, 0.2) is 24.3 Å². The van der Waals surface area contributed by atoms with E-state index in [9.17, 15) is 4.79 Å². The van der Waals surface area contributed by atoms with Gasteiger partial charge in [0.05, 0.1) is 0 Å². The van der Waals surface area contributed by atoms with E-state index >= 15 is 0 Å². The van der Waals surface area contributed by atoms with Gasteiger partial charge in [-0.05, 0) is 32.8 Å². The van der Waals surface area contributed by atoms with Crippen LogP contribution in [0.1, 0.15) is 26.3 Å². The summed E-state index contributed by atoms with van der Waals surface area (Å²) in [6, 6.07) is 7.60. The largest absolute Gasteiger partial charge is 0.444 e. The van der Waals surface area contributed by atoms with Crippen molar-refractivity contribution < 1.29 is 9.53 Å². The molecule has 90 valence electrons. The zero-order chi connectivity index (χ0) is 12.9. The number of nitrogens with one attached hydrogen (secondary N) is 1. The molecule has 0 aliphatic rings. The van der Waals surface area contributed by atoms with Gasteiger partial charge in [0.25, 0.3) is 0 Å². The highest BCUT2D eigenvalue weighted by molar-refractivity contribution is 6.32. The molecule has 1 amide bonds. The molecular formula is C13H18BNO2. The van der Waals surface area contributed by atoms with Gasteiger partial charge in [-0.1, -0.05) is 29.7 Å². The summed E-state index contributed by atoms with van der Waals surface area (Å²) in [5, 5.41) is 2.71. The minimum Gasteiger partial charge on any atom is -0.444 e. The van der Waals surface area contributed by atoms with E-state index in [2.05, 4.69) is 5.32 Å². The molecule has 17 heavy (non-hydrogen) atoms. The van der Waals surface area contributed by atoms with Crippen LogP contribution >= 0.6 is 0 Å². The van der Waals surface area contributed by atoms with E-state index in [0.717, 1.165) is 17.4 Å². The SMILES string of the molecule is [B]c1ccc(CCNC(=O)OC(C)(C)C)cc1. The van der Waals surface area contributed by atoms with Crippen molar-refractivity contribution in [3.8, 4) is 0 Å². The molecule has 3 nitrogen and oxygen atoms in total. The van der Waals surface area contributed by atoms with Crippen LogP contribution in [0.2, 0.25) is 0 Å². The predicted molar refractivity (Wildman–Crippen MR) is 69.8 cm³/mol. The number of rotatable bonds is 3. The van der Waals surface area contributed by atoms with Gasteiger partial charge in [-0.25, -0.2) is 4.79 Å². The zero-order valence-electron chi connectivity index (χ0n) is 10.6. The normalized spacial score (nSPS) is 11.0. The summed E-state index contributed by atoms with van der Waals surface area (Å²) in [5.41, 5.74) is 1.43. The molecule has 1 rings (SSSR count). The Hall–Kier alpha value is -1.45. The van der Waals surface area contributed by atoms with E-state index in [1.165, 1.54) is 0 Å². The maximum atomic E-state index is 11.3. The molecule has 0 aromatic heterocycles. The zero-order valence-corrected chi connectivity index (χ0v) is 10.6. The summed E-state index contributed by atoms with van der Waals surface area (Å²) in [4.78, 5) is 11.3. The molecule has 0 heterocycles. The fraction of sp³-hybridized carbons (Fsp3) is 0.462. The van der Waals surface area contributed by atoms with Crippen LogP contribution in [0, 0.1) is 0 Å². The molecule has 0 aliphatic carbocycles. The minimum absolute atomic E-state index is 0.382. The Bertz CT molecular complexity index is 368. The number of hydrogen-bond donors (Lipinski definition) is 1. The molecule has 0 saturated heterocycles. The first-order valence-electron chi connectivity index (χ1n) is 5.68. The van der Waals surface area contributed by atoms with Crippen molar-refractivity contribution in [2.24, 2.45) is 0 Å². The maximum absolute atomic E-state index is 11.3. The van der Waals surface area contributed by atoms with Crippen LogP contribution in [-0.4, -0.2) is 26.1 Å². The molecule has 0 fully saturated rings.